The molecule has 2 aliphatic heterocycles. The van der Waals surface area contributed by atoms with Crippen LogP contribution in [0.5, 0.6) is 0 Å². The van der Waals surface area contributed by atoms with Crippen molar-refractivity contribution in [3.8, 4) is 0 Å². The van der Waals surface area contributed by atoms with Crippen molar-refractivity contribution in [3.63, 3.8) is 0 Å². The molecule has 0 aromatic heterocycles. The van der Waals surface area contributed by atoms with Crippen LogP contribution >= 0.6 is 0 Å². The van der Waals surface area contributed by atoms with E-state index < -0.39 is 0 Å². The zero-order valence-electron chi connectivity index (χ0n) is 7.45. The van der Waals surface area contributed by atoms with Gasteiger partial charge in [-0.3, -0.25) is 0 Å². The lowest BCUT2D eigenvalue weighted by Crippen LogP contribution is -2.42. The van der Waals surface area contributed by atoms with Gasteiger partial charge in [-0.1, -0.05) is 18.2 Å². The van der Waals surface area contributed by atoms with Gasteiger partial charge in [0.2, 0.25) is 0 Å². The van der Waals surface area contributed by atoms with Crippen LogP contribution < -0.4 is 0 Å². The van der Waals surface area contributed by atoms with Crippen LogP contribution in [-0.2, 0) is 0 Å². The molecule has 0 bridgehead atoms. The molecule has 0 radical (unpaired) electrons. The van der Waals surface area contributed by atoms with Crippen LogP contribution in [0.4, 0.5) is 0 Å². The molecule has 2 nitrogen and oxygen atoms in total. The molecule has 0 aromatic carbocycles. The van der Waals surface area contributed by atoms with Gasteiger partial charge in [-0.2, -0.15) is 0 Å². The lowest BCUT2D eigenvalue weighted by molar-refractivity contribution is 0.0265. The van der Waals surface area contributed by atoms with Gasteiger partial charge in [-0.25, -0.2) is 5.01 Å². The van der Waals surface area contributed by atoms with Gasteiger partial charge in [-0.05, 0) is 19.3 Å². The third kappa shape index (κ3) is 1.69. The molecular formula is C10H16N2. The van der Waals surface area contributed by atoms with Crippen molar-refractivity contribution in [2.24, 2.45) is 0 Å². The minimum absolute atomic E-state index is 1.09. The molecule has 0 N–H and O–H groups in total. The molecule has 0 atom stereocenters. The maximum absolute atomic E-state index is 2.41. The molecule has 2 heterocycles. The first-order chi connectivity index (χ1) is 5.97. The Hall–Kier alpha value is -0.760. The monoisotopic (exact) mass is 164 g/mol. The third-order valence-electron chi connectivity index (χ3n) is 2.44. The number of hydrogen-bond donors (Lipinski definition) is 0. The Morgan fingerprint density at radius 1 is 0.917 bits per heavy atom. The maximum atomic E-state index is 2.41. The zero-order valence-corrected chi connectivity index (χ0v) is 7.45. The third-order valence-corrected chi connectivity index (χ3v) is 2.44. The van der Waals surface area contributed by atoms with Gasteiger partial charge in [-0.15, -0.1) is 0 Å². The fourth-order valence-electron chi connectivity index (χ4n) is 1.74. The van der Waals surface area contributed by atoms with Crippen molar-refractivity contribution < 1.29 is 0 Å². The van der Waals surface area contributed by atoms with E-state index in [0.717, 1.165) is 6.54 Å². The number of nitrogens with zero attached hydrogens (tertiary/aromatic N) is 2. The van der Waals surface area contributed by atoms with Crippen LogP contribution in [0.15, 0.2) is 24.4 Å². The van der Waals surface area contributed by atoms with Gasteiger partial charge >= 0.3 is 0 Å². The molecule has 0 spiro atoms. The minimum Gasteiger partial charge on any atom is -0.313 e. The van der Waals surface area contributed by atoms with E-state index in [1.54, 1.807) is 0 Å². The second kappa shape index (κ2) is 3.76. The first-order valence-electron chi connectivity index (χ1n) is 4.80. The van der Waals surface area contributed by atoms with Crippen molar-refractivity contribution in [2.45, 2.75) is 19.3 Å². The van der Waals surface area contributed by atoms with Gasteiger partial charge < -0.3 is 5.01 Å². The highest BCUT2D eigenvalue weighted by atomic mass is 15.6. The molecule has 12 heavy (non-hydrogen) atoms. The fourth-order valence-corrected chi connectivity index (χ4v) is 1.74. The van der Waals surface area contributed by atoms with E-state index in [2.05, 4.69) is 34.4 Å². The van der Waals surface area contributed by atoms with E-state index in [4.69, 9.17) is 0 Å². The Labute approximate surface area is 74.1 Å². The molecule has 0 aromatic rings. The Kier molecular flexibility index (Phi) is 2.47. The van der Waals surface area contributed by atoms with E-state index in [1.165, 1.54) is 32.4 Å². The first kappa shape index (κ1) is 7.87. The van der Waals surface area contributed by atoms with Crippen molar-refractivity contribution in [3.05, 3.63) is 24.4 Å². The summed E-state index contributed by atoms with van der Waals surface area (Å²) < 4.78 is 0. The number of rotatable bonds is 1. The molecule has 0 amide bonds. The van der Waals surface area contributed by atoms with Crippen LogP contribution in [0, 0.1) is 0 Å². The van der Waals surface area contributed by atoms with Crippen molar-refractivity contribution in [1.29, 1.82) is 0 Å². The molecular weight excluding hydrogens is 148 g/mol. The van der Waals surface area contributed by atoms with E-state index in [0.29, 0.717) is 0 Å². The molecule has 0 unspecified atom stereocenters. The summed E-state index contributed by atoms with van der Waals surface area (Å²) in [4.78, 5) is 0. The lowest BCUT2D eigenvalue weighted by Gasteiger charge is -2.36. The molecule has 66 valence electrons. The molecule has 2 aliphatic rings. The average molecular weight is 164 g/mol. The van der Waals surface area contributed by atoms with Crippen LogP contribution in [0.2, 0.25) is 0 Å². The van der Waals surface area contributed by atoms with E-state index >= 15 is 0 Å². The quantitative estimate of drug-likeness (QED) is 0.545. The lowest BCUT2D eigenvalue weighted by atomic mass is 10.2. The Morgan fingerprint density at radius 3 is 2.58 bits per heavy atom. The SMILES string of the molecule is C1=CN(N2CC=CCC2)CCC1. The summed E-state index contributed by atoms with van der Waals surface area (Å²) >= 11 is 0. The largest absolute Gasteiger partial charge is 0.313 e. The van der Waals surface area contributed by atoms with Crippen LogP contribution in [0.3, 0.4) is 0 Å². The van der Waals surface area contributed by atoms with Gasteiger partial charge in [0.15, 0.2) is 0 Å². The molecule has 0 fully saturated rings. The number of hydrogen-bond acceptors (Lipinski definition) is 2. The van der Waals surface area contributed by atoms with Crippen molar-refractivity contribution >= 4 is 0 Å². The first-order valence-corrected chi connectivity index (χ1v) is 4.80. The summed E-state index contributed by atoms with van der Waals surface area (Å²) in [6.45, 7) is 3.47. The topological polar surface area (TPSA) is 6.48 Å². The standard InChI is InChI=1S/C10H16N2/c1-3-7-11(8-4-1)12-9-5-2-6-10-12/h1,3,5,9H,2,4,6-8,10H2. The van der Waals surface area contributed by atoms with Crippen LogP contribution in [0.1, 0.15) is 19.3 Å². The summed E-state index contributed by atoms with van der Waals surface area (Å²) in [5, 5.41) is 4.77. The number of allylic oxidation sites excluding steroid dienone is 1. The van der Waals surface area contributed by atoms with Crippen molar-refractivity contribution in [1.82, 2.24) is 10.0 Å². The Morgan fingerprint density at radius 2 is 1.92 bits per heavy atom. The molecule has 2 heteroatoms. The average Bonchev–Trinajstić information content (AvgIpc) is 2.21. The normalized spacial score (nSPS) is 24.8. The smallest absolute Gasteiger partial charge is 0.0361 e. The second-order valence-electron chi connectivity index (χ2n) is 3.36. The van der Waals surface area contributed by atoms with E-state index in [-0.39, 0.29) is 0 Å². The number of hydrazine groups is 1. The summed E-state index contributed by atoms with van der Waals surface area (Å²) in [6.07, 6.45) is 12.8. The van der Waals surface area contributed by atoms with Crippen LogP contribution in [0.25, 0.3) is 0 Å². The van der Waals surface area contributed by atoms with Crippen LogP contribution in [-0.4, -0.2) is 29.7 Å². The summed E-state index contributed by atoms with van der Waals surface area (Å²) in [7, 11) is 0. The maximum Gasteiger partial charge on any atom is 0.0361 e. The summed E-state index contributed by atoms with van der Waals surface area (Å²) in [5.41, 5.74) is 0. The Bertz CT molecular complexity index is 196. The summed E-state index contributed by atoms with van der Waals surface area (Å²) in [5.74, 6) is 0. The van der Waals surface area contributed by atoms with Gasteiger partial charge in [0, 0.05) is 25.8 Å². The predicted octanol–water partition coefficient (Wildman–Crippen LogP) is 1.77. The van der Waals surface area contributed by atoms with Gasteiger partial charge in [0.25, 0.3) is 0 Å². The minimum atomic E-state index is 1.09. The molecule has 0 aliphatic carbocycles. The molecule has 0 saturated heterocycles. The van der Waals surface area contributed by atoms with E-state index in [9.17, 15) is 0 Å². The zero-order chi connectivity index (χ0) is 8.23. The van der Waals surface area contributed by atoms with E-state index in [1.807, 2.05) is 0 Å². The highest BCUT2D eigenvalue weighted by Crippen LogP contribution is 2.11. The molecule has 2 rings (SSSR count). The highest BCUT2D eigenvalue weighted by Gasteiger charge is 2.13. The van der Waals surface area contributed by atoms with Gasteiger partial charge in [0.05, 0.1) is 0 Å². The highest BCUT2D eigenvalue weighted by molar-refractivity contribution is 4.93. The van der Waals surface area contributed by atoms with Crippen molar-refractivity contribution in [2.75, 3.05) is 19.6 Å². The Balaban J connectivity index is 1.94. The van der Waals surface area contributed by atoms with Gasteiger partial charge in [0.1, 0.15) is 0 Å². The molecule has 0 saturated carbocycles. The second-order valence-corrected chi connectivity index (χ2v) is 3.36. The predicted molar refractivity (Wildman–Crippen MR) is 50.4 cm³/mol. The fraction of sp³-hybridized carbons (Fsp3) is 0.600. The summed E-state index contributed by atoms with van der Waals surface area (Å²) in [6, 6.07) is 0.